The van der Waals surface area contributed by atoms with Gasteiger partial charge in [0.2, 0.25) is 5.91 Å². The van der Waals surface area contributed by atoms with Crippen molar-refractivity contribution in [2.75, 3.05) is 6.54 Å². The van der Waals surface area contributed by atoms with Gasteiger partial charge in [0.15, 0.2) is 0 Å². The number of unbranched alkanes of at least 4 members (excludes halogenated alkanes) is 1. The number of carbonyl (C=O) groups excluding carboxylic acids is 2. The molecule has 1 saturated carbocycles. The van der Waals surface area contributed by atoms with Crippen molar-refractivity contribution in [1.29, 1.82) is 0 Å². The molecule has 108 valence electrons. The van der Waals surface area contributed by atoms with E-state index >= 15 is 0 Å². The molecule has 1 fully saturated rings. The zero-order chi connectivity index (χ0) is 14.5. The van der Waals surface area contributed by atoms with E-state index in [1.54, 1.807) is 0 Å². The van der Waals surface area contributed by atoms with Gasteiger partial charge < -0.3 is 21.5 Å². The van der Waals surface area contributed by atoms with Crippen molar-refractivity contribution in [3.63, 3.8) is 0 Å². The number of amides is 3. The zero-order valence-corrected chi connectivity index (χ0v) is 11.1. The Labute approximate surface area is 111 Å². The molecule has 5 N–H and O–H groups in total. The van der Waals surface area contributed by atoms with Crippen molar-refractivity contribution in [3.8, 4) is 0 Å². The molecule has 1 atom stereocenters. The predicted octanol–water partition coefficient (Wildman–Crippen LogP) is 0.194. The molecule has 0 aromatic carbocycles. The Bertz CT molecular complexity index is 368. The van der Waals surface area contributed by atoms with Gasteiger partial charge >= 0.3 is 12.0 Å². The molecule has 1 unspecified atom stereocenters. The normalized spacial score (nSPS) is 17.3. The van der Waals surface area contributed by atoms with Crippen LogP contribution >= 0.6 is 0 Å². The minimum Gasteiger partial charge on any atom is -0.480 e. The standard InChI is InChI=1S/C12H21N3O4/c1-12(10(17)18,8-5-6-8)15-11(19)14-7-3-2-4-9(13)16/h8H,2-7H2,1H3,(H2,13,16)(H,17,18)(H2,14,15,19). The van der Waals surface area contributed by atoms with Gasteiger partial charge in [0.1, 0.15) is 5.54 Å². The summed E-state index contributed by atoms with van der Waals surface area (Å²) in [6.07, 6.45) is 3.17. The summed E-state index contributed by atoms with van der Waals surface area (Å²) in [5, 5.41) is 14.3. The van der Waals surface area contributed by atoms with Crippen molar-refractivity contribution < 1.29 is 19.5 Å². The number of rotatable bonds is 8. The highest BCUT2D eigenvalue weighted by atomic mass is 16.4. The highest BCUT2D eigenvalue weighted by Gasteiger charge is 2.48. The summed E-state index contributed by atoms with van der Waals surface area (Å²) in [6, 6.07) is -0.490. The van der Waals surface area contributed by atoms with Crippen molar-refractivity contribution in [3.05, 3.63) is 0 Å². The van der Waals surface area contributed by atoms with Gasteiger partial charge in [-0.15, -0.1) is 0 Å². The van der Waals surface area contributed by atoms with E-state index in [1.165, 1.54) is 6.92 Å². The smallest absolute Gasteiger partial charge is 0.329 e. The van der Waals surface area contributed by atoms with Gasteiger partial charge in [-0.1, -0.05) is 0 Å². The van der Waals surface area contributed by atoms with Crippen LogP contribution in [-0.4, -0.2) is 35.1 Å². The van der Waals surface area contributed by atoms with Crippen LogP contribution in [0.25, 0.3) is 0 Å². The van der Waals surface area contributed by atoms with Gasteiger partial charge in [-0.3, -0.25) is 4.79 Å². The van der Waals surface area contributed by atoms with Crippen LogP contribution in [0.5, 0.6) is 0 Å². The van der Waals surface area contributed by atoms with Gasteiger partial charge in [0.05, 0.1) is 0 Å². The summed E-state index contributed by atoms with van der Waals surface area (Å²) in [7, 11) is 0. The van der Waals surface area contributed by atoms with E-state index in [0.717, 1.165) is 12.8 Å². The van der Waals surface area contributed by atoms with E-state index in [2.05, 4.69) is 10.6 Å². The number of carboxylic acid groups (broad SMARTS) is 1. The fraction of sp³-hybridized carbons (Fsp3) is 0.750. The lowest BCUT2D eigenvalue weighted by Gasteiger charge is -2.26. The lowest BCUT2D eigenvalue weighted by molar-refractivity contribution is -0.144. The van der Waals surface area contributed by atoms with Crippen molar-refractivity contribution in [2.24, 2.45) is 11.7 Å². The fourth-order valence-corrected chi connectivity index (χ4v) is 1.90. The monoisotopic (exact) mass is 271 g/mol. The first-order valence-corrected chi connectivity index (χ1v) is 6.44. The Balaban J connectivity index is 2.26. The number of nitrogens with one attached hydrogen (secondary N) is 2. The summed E-state index contributed by atoms with van der Waals surface area (Å²) in [5.41, 5.74) is 3.79. The van der Waals surface area contributed by atoms with Gasteiger partial charge in [0, 0.05) is 13.0 Å². The van der Waals surface area contributed by atoms with Crippen LogP contribution in [0.1, 0.15) is 39.0 Å². The molecule has 7 nitrogen and oxygen atoms in total. The largest absolute Gasteiger partial charge is 0.480 e. The molecule has 0 aliphatic heterocycles. The summed E-state index contributed by atoms with van der Waals surface area (Å²) in [6.45, 7) is 1.92. The molecule has 0 aromatic heterocycles. The average molecular weight is 271 g/mol. The molecule has 0 saturated heterocycles. The lowest BCUT2D eigenvalue weighted by Crippen LogP contribution is -2.56. The molecular formula is C12H21N3O4. The minimum absolute atomic E-state index is 0.00520. The van der Waals surface area contributed by atoms with Gasteiger partial charge in [-0.2, -0.15) is 0 Å². The second-order valence-corrected chi connectivity index (χ2v) is 5.09. The molecule has 3 amide bonds. The molecule has 1 rings (SSSR count). The average Bonchev–Trinajstić information content (AvgIpc) is 3.11. The van der Waals surface area contributed by atoms with Gasteiger partial charge in [-0.05, 0) is 38.5 Å². The molecular weight excluding hydrogens is 250 g/mol. The number of primary amides is 1. The minimum atomic E-state index is -1.20. The van der Waals surface area contributed by atoms with E-state index in [0.29, 0.717) is 19.4 Å². The van der Waals surface area contributed by atoms with E-state index in [1.807, 2.05) is 0 Å². The molecule has 0 radical (unpaired) electrons. The van der Waals surface area contributed by atoms with Crippen molar-refractivity contribution in [1.82, 2.24) is 10.6 Å². The Hall–Kier alpha value is -1.79. The SMILES string of the molecule is CC(NC(=O)NCCCCC(N)=O)(C(=O)O)C1CC1. The Kier molecular flexibility index (Phi) is 5.14. The van der Waals surface area contributed by atoms with E-state index < -0.39 is 17.5 Å². The molecule has 7 heteroatoms. The van der Waals surface area contributed by atoms with Gasteiger partial charge in [0.25, 0.3) is 0 Å². The number of carbonyl (C=O) groups is 3. The van der Waals surface area contributed by atoms with E-state index in [9.17, 15) is 14.4 Å². The van der Waals surface area contributed by atoms with Crippen LogP contribution in [0.15, 0.2) is 0 Å². The lowest BCUT2D eigenvalue weighted by atomic mass is 9.96. The first kappa shape index (κ1) is 15.3. The van der Waals surface area contributed by atoms with Gasteiger partial charge in [-0.25, -0.2) is 9.59 Å². The molecule has 19 heavy (non-hydrogen) atoms. The Morgan fingerprint density at radius 2 is 1.95 bits per heavy atom. The zero-order valence-electron chi connectivity index (χ0n) is 11.1. The number of nitrogens with two attached hydrogens (primary N) is 1. The van der Waals surface area contributed by atoms with E-state index in [-0.39, 0.29) is 18.2 Å². The van der Waals surface area contributed by atoms with Crippen LogP contribution in [0.2, 0.25) is 0 Å². The number of urea groups is 1. The summed E-state index contributed by atoms with van der Waals surface area (Å²) in [5.74, 6) is -1.37. The molecule has 0 spiro atoms. The number of hydrogen-bond donors (Lipinski definition) is 4. The first-order valence-electron chi connectivity index (χ1n) is 6.44. The predicted molar refractivity (Wildman–Crippen MR) is 68.3 cm³/mol. The molecule has 0 aromatic rings. The quantitative estimate of drug-likeness (QED) is 0.471. The Morgan fingerprint density at radius 1 is 1.32 bits per heavy atom. The maximum Gasteiger partial charge on any atom is 0.329 e. The third-order valence-electron chi connectivity index (χ3n) is 3.35. The summed E-state index contributed by atoms with van der Waals surface area (Å²) >= 11 is 0. The van der Waals surface area contributed by atoms with Crippen molar-refractivity contribution >= 4 is 17.9 Å². The number of carboxylic acids is 1. The Morgan fingerprint density at radius 3 is 2.42 bits per heavy atom. The second-order valence-electron chi connectivity index (χ2n) is 5.09. The molecule has 1 aliphatic carbocycles. The highest BCUT2D eigenvalue weighted by molar-refractivity contribution is 5.86. The third-order valence-corrected chi connectivity index (χ3v) is 3.35. The first-order chi connectivity index (χ1) is 8.86. The van der Waals surface area contributed by atoms with Crippen LogP contribution in [-0.2, 0) is 9.59 Å². The number of aliphatic carboxylic acids is 1. The summed E-state index contributed by atoms with van der Waals surface area (Å²) in [4.78, 5) is 33.3. The maximum absolute atomic E-state index is 11.6. The topological polar surface area (TPSA) is 122 Å². The van der Waals surface area contributed by atoms with Crippen molar-refractivity contribution in [2.45, 2.75) is 44.6 Å². The van der Waals surface area contributed by atoms with Crippen LogP contribution < -0.4 is 16.4 Å². The molecule has 0 bridgehead atoms. The fourth-order valence-electron chi connectivity index (χ4n) is 1.90. The van der Waals surface area contributed by atoms with Crippen LogP contribution in [0, 0.1) is 5.92 Å². The van der Waals surface area contributed by atoms with Crippen LogP contribution in [0.3, 0.4) is 0 Å². The second kappa shape index (κ2) is 6.40. The van der Waals surface area contributed by atoms with Crippen LogP contribution in [0.4, 0.5) is 4.79 Å². The maximum atomic E-state index is 11.6. The molecule has 1 aliphatic rings. The highest BCUT2D eigenvalue weighted by Crippen LogP contribution is 2.39. The number of hydrogen-bond acceptors (Lipinski definition) is 3. The molecule has 0 heterocycles. The van der Waals surface area contributed by atoms with E-state index in [4.69, 9.17) is 10.8 Å². The third kappa shape index (κ3) is 4.76. The summed E-state index contributed by atoms with van der Waals surface area (Å²) < 4.78 is 0.